The molecule has 0 bridgehead atoms. The Morgan fingerprint density at radius 1 is 1.40 bits per heavy atom. The first kappa shape index (κ1) is 12.7. The van der Waals surface area contributed by atoms with E-state index in [1.165, 1.54) is 22.7 Å². The van der Waals surface area contributed by atoms with Crippen LogP contribution in [0.2, 0.25) is 0 Å². The Labute approximate surface area is 97.1 Å². The molecule has 1 unspecified atom stereocenters. The number of rotatable bonds is 6. The lowest BCUT2D eigenvalue weighted by Crippen LogP contribution is -2.24. The highest BCUT2D eigenvalue weighted by Gasteiger charge is 2.06. The fraction of sp³-hybridized carbons (Fsp3) is 0.750. The molecule has 0 saturated heterocycles. The Morgan fingerprint density at radius 3 is 2.67 bits per heavy atom. The van der Waals surface area contributed by atoms with E-state index in [-0.39, 0.29) is 0 Å². The zero-order chi connectivity index (χ0) is 11.3. The second kappa shape index (κ2) is 6.23. The summed E-state index contributed by atoms with van der Waals surface area (Å²) in [6.45, 7) is 9.81. The number of nitrogens with zero attached hydrogens (tertiary/aromatic N) is 1. The van der Waals surface area contributed by atoms with Crippen LogP contribution in [0, 0.1) is 0 Å². The quantitative estimate of drug-likeness (QED) is 0.802. The fourth-order valence-corrected chi connectivity index (χ4v) is 2.35. The highest BCUT2D eigenvalue weighted by molar-refractivity contribution is 7.11. The minimum Gasteiger partial charge on any atom is -0.309 e. The molecule has 0 saturated carbocycles. The Hall–Kier alpha value is -0.410. The third-order valence-corrected chi connectivity index (χ3v) is 3.71. The number of aromatic nitrogens is 1. The van der Waals surface area contributed by atoms with Gasteiger partial charge < -0.3 is 5.32 Å². The molecule has 0 aliphatic rings. The summed E-state index contributed by atoms with van der Waals surface area (Å²) in [6, 6.07) is 0.611. The minimum absolute atomic E-state index is 0.553. The minimum atomic E-state index is 0.553. The van der Waals surface area contributed by atoms with Crippen LogP contribution in [0.4, 0.5) is 0 Å². The van der Waals surface area contributed by atoms with Crippen molar-refractivity contribution in [1.29, 1.82) is 0 Å². The Bertz CT molecular complexity index is 281. The van der Waals surface area contributed by atoms with Gasteiger partial charge in [0.25, 0.3) is 0 Å². The molecule has 1 aromatic heterocycles. The Kier molecular flexibility index (Phi) is 5.26. The third-order valence-electron chi connectivity index (χ3n) is 2.41. The van der Waals surface area contributed by atoms with Crippen LogP contribution in [0.5, 0.6) is 0 Å². The molecular weight excluding hydrogens is 204 g/mol. The molecule has 0 amide bonds. The fourth-order valence-electron chi connectivity index (χ4n) is 1.48. The monoisotopic (exact) mass is 226 g/mol. The summed E-state index contributed by atoms with van der Waals surface area (Å²) in [4.78, 5) is 5.77. The van der Waals surface area contributed by atoms with Crippen molar-refractivity contribution in [3.63, 3.8) is 0 Å². The average molecular weight is 226 g/mol. The molecule has 0 radical (unpaired) electrons. The predicted octanol–water partition coefficient (Wildman–Crippen LogP) is 3.54. The lowest BCUT2D eigenvalue weighted by Gasteiger charge is -2.10. The van der Waals surface area contributed by atoms with Crippen LogP contribution in [0.25, 0.3) is 0 Å². The summed E-state index contributed by atoms with van der Waals surface area (Å²) in [5.41, 5.74) is 0. The Balaban J connectivity index is 2.37. The predicted molar refractivity (Wildman–Crippen MR) is 67.4 cm³/mol. The zero-order valence-corrected chi connectivity index (χ0v) is 11.0. The van der Waals surface area contributed by atoms with E-state index in [1.807, 2.05) is 17.5 Å². The van der Waals surface area contributed by atoms with Crippen LogP contribution in [0.15, 0.2) is 6.20 Å². The van der Waals surface area contributed by atoms with Crippen molar-refractivity contribution in [1.82, 2.24) is 10.3 Å². The van der Waals surface area contributed by atoms with Crippen molar-refractivity contribution < 1.29 is 0 Å². The molecule has 0 fully saturated rings. The van der Waals surface area contributed by atoms with Gasteiger partial charge in [-0.25, -0.2) is 4.98 Å². The second-order valence-corrected chi connectivity index (χ2v) is 5.54. The molecule has 15 heavy (non-hydrogen) atoms. The van der Waals surface area contributed by atoms with Crippen LogP contribution in [-0.2, 0) is 6.54 Å². The average Bonchev–Trinajstić information content (AvgIpc) is 2.63. The van der Waals surface area contributed by atoms with E-state index in [9.17, 15) is 0 Å². The standard InChI is InChI=1S/C12H22N2S/c1-5-6-10(4)13-7-11-8-14-12(15-11)9(2)3/h8-10,13H,5-7H2,1-4H3. The third kappa shape index (κ3) is 4.31. The smallest absolute Gasteiger partial charge is 0.0953 e. The van der Waals surface area contributed by atoms with Gasteiger partial charge in [0.1, 0.15) is 0 Å². The van der Waals surface area contributed by atoms with Gasteiger partial charge in [0.05, 0.1) is 5.01 Å². The molecule has 1 atom stereocenters. The summed E-state index contributed by atoms with van der Waals surface area (Å²) >= 11 is 1.83. The van der Waals surface area contributed by atoms with Crippen LogP contribution in [0.3, 0.4) is 0 Å². The first-order valence-electron chi connectivity index (χ1n) is 5.81. The van der Waals surface area contributed by atoms with E-state index in [0.29, 0.717) is 12.0 Å². The van der Waals surface area contributed by atoms with E-state index in [0.717, 1.165) is 6.54 Å². The van der Waals surface area contributed by atoms with Crippen molar-refractivity contribution in [3.8, 4) is 0 Å². The van der Waals surface area contributed by atoms with Gasteiger partial charge in [-0.1, -0.05) is 27.2 Å². The summed E-state index contributed by atoms with van der Waals surface area (Å²) in [5, 5.41) is 4.77. The second-order valence-electron chi connectivity index (χ2n) is 4.39. The van der Waals surface area contributed by atoms with E-state index in [4.69, 9.17) is 0 Å². The molecule has 1 N–H and O–H groups in total. The topological polar surface area (TPSA) is 24.9 Å². The molecule has 1 rings (SSSR count). The van der Waals surface area contributed by atoms with Crippen molar-refractivity contribution in [2.75, 3.05) is 0 Å². The largest absolute Gasteiger partial charge is 0.309 e. The van der Waals surface area contributed by atoms with Crippen molar-refractivity contribution in [2.24, 2.45) is 0 Å². The molecule has 0 spiro atoms. The number of thiazole rings is 1. The molecule has 1 aromatic rings. The number of hydrogen-bond donors (Lipinski definition) is 1. The first-order chi connectivity index (χ1) is 7.13. The molecule has 1 heterocycles. The lowest BCUT2D eigenvalue weighted by molar-refractivity contribution is 0.511. The molecule has 2 nitrogen and oxygen atoms in total. The van der Waals surface area contributed by atoms with Crippen LogP contribution in [0.1, 0.15) is 56.3 Å². The lowest BCUT2D eigenvalue weighted by atomic mass is 10.2. The first-order valence-corrected chi connectivity index (χ1v) is 6.63. The van der Waals surface area contributed by atoms with Crippen LogP contribution < -0.4 is 5.32 Å². The maximum Gasteiger partial charge on any atom is 0.0953 e. The summed E-state index contributed by atoms with van der Waals surface area (Å²) in [6.07, 6.45) is 4.50. The zero-order valence-electron chi connectivity index (χ0n) is 10.2. The summed E-state index contributed by atoms with van der Waals surface area (Å²) in [5.74, 6) is 0.553. The Morgan fingerprint density at radius 2 is 2.13 bits per heavy atom. The normalized spacial score (nSPS) is 13.4. The molecule has 86 valence electrons. The van der Waals surface area contributed by atoms with E-state index < -0.39 is 0 Å². The van der Waals surface area contributed by atoms with Crippen LogP contribution in [-0.4, -0.2) is 11.0 Å². The van der Waals surface area contributed by atoms with Gasteiger partial charge in [0.2, 0.25) is 0 Å². The SMILES string of the molecule is CCCC(C)NCc1cnc(C(C)C)s1. The highest BCUT2D eigenvalue weighted by Crippen LogP contribution is 2.20. The van der Waals surface area contributed by atoms with E-state index >= 15 is 0 Å². The van der Waals surface area contributed by atoms with Gasteiger partial charge in [-0.2, -0.15) is 0 Å². The van der Waals surface area contributed by atoms with Crippen molar-refractivity contribution >= 4 is 11.3 Å². The van der Waals surface area contributed by atoms with Gasteiger partial charge in [0, 0.05) is 29.6 Å². The van der Waals surface area contributed by atoms with E-state index in [1.54, 1.807) is 0 Å². The molecular formula is C12H22N2S. The molecule has 0 aliphatic carbocycles. The molecule has 3 heteroatoms. The molecule has 0 aromatic carbocycles. The summed E-state index contributed by atoms with van der Waals surface area (Å²) < 4.78 is 0. The van der Waals surface area contributed by atoms with Gasteiger partial charge in [-0.15, -0.1) is 11.3 Å². The van der Waals surface area contributed by atoms with Crippen LogP contribution >= 0.6 is 11.3 Å². The summed E-state index contributed by atoms with van der Waals surface area (Å²) in [7, 11) is 0. The van der Waals surface area contributed by atoms with E-state index in [2.05, 4.69) is 38.0 Å². The maximum absolute atomic E-state index is 4.42. The molecule has 0 aliphatic heterocycles. The van der Waals surface area contributed by atoms with Gasteiger partial charge in [0.15, 0.2) is 0 Å². The van der Waals surface area contributed by atoms with Gasteiger partial charge >= 0.3 is 0 Å². The van der Waals surface area contributed by atoms with Crippen molar-refractivity contribution in [2.45, 2.75) is 59.0 Å². The maximum atomic E-state index is 4.42. The number of hydrogen-bond acceptors (Lipinski definition) is 3. The van der Waals surface area contributed by atoms with Gasteiger partial charge in [-0.3, -0.25) is 0 Å². The van der Waals surface area contributed by atoms with Gasteiger partial charge in [-0.05, 0) is 13.3 Å². The highest BCUT2D eigenvalue weighted by atomic mass is 32.1. The number of nitrogens with one attached hydrogen (secondary N) is 1. The van der Waals surface area contributed by atoms with Crippen molar-refractivity contribution in [3.05, 3.63) is 16.1 Å².